The molecule has 0 bridgehead atoms. The van der Waals surface area contributed by atoms with Gasteiger partial charge in [0.1, 0.15) is 11.5 Å². The van der Waals surface area contributed by atoms with Crippen LogP contribution in [0.3, 0.4) is 0 Å². The number of hydrogen-bond donors (Lipinski definition) is 0. The minimum atomic E-state index is -4.06. The van der Waals surface area contributed by atoms with Gasteiger partial charge in [0.05, 0.1) is 13.0 Å². The van der Waals surface area contributed by atoms with Crippen LogP contribution in [0.1, 0.15) is 12.0 Å². The van der Waals surface area contributed by atoms with Crippen LogP contribution in [-0.2, 0) is 20.7 Å². The van der Waals surface area contributed by atoms with E-state index in [9.17, 15) is 14.2 Å². The van der Waals surface area contributed by atoms with E-state index in [4.69, 9.17) is 9.05 Å². The fourth-order valence-corrected chi connectivity index (χ4v) is 5.16. The lowest BCUT2D eigenvalue weighted by molar-refractivity contribution is -0.139. The Morgan fingerprint density at radius 3 is 1.73 bits per heavy atom. The molecule has 1 saturated heterocycles. The number of hydrogen-bond acceptors (Lipinski definition) is 5. The topological polar surface area (TPSA) is 72.9 Å². The zero-order valence-electron chi connectivity index (χ0n) is 16.1. The summed E-state index contributed by atoms with van der Waals surface area (Å²) >= 11 is 0. The molecule has 1 atom stereocenters. The van der Waals surface area contributed by atoms with Gasteiger partial charge in [0, 0.05) is 0 Å². The summed E-state index contributed by atoms with van der Waals surface area (Å²) in [5, 5.41) is 0. The van der Waals surface area contributed by atoms with E-state index in [0.717, 1.165) is 10.5 Å². The molecule has 2 amide bonds. The van der Waals surface area contributed by atoms with Gasteiger partial charge in [-0.1, -0.05) is 66.7 Å². The molecular formula is C23H20NO5P. The van der Waals surface area contributed by atoms with Crippen LogP contribution in [0, 0.1) is 0 Å². The van der Waals surface area contributed by atoms with Gasteiger partial charge in [-0.05, 0) is 29.8 Å². The quantitative estimate of drug-likeness (QED) is 0.410. The molecule has 0 radical (unpaired) electrons. The largest absolute Gasteiger partial charge is 0.443 e. The Bertz CT molecular complexity index is 1030. The molecular weight excluding hydrogens is 401 g/mol. The molecule has 1 heterocycles. The first-order chi connectivity index (χ1) is 14.5. The van der Waals surface area contributed by atoms with Crippen LogP contribution >= 0.6 is 7.60 Å². The molecule has 0 saturated carbocycles. The smallest absolute Gasteiger partial charge is 0.416 e. The van der Waals surface area contributed by atoms with Crippen LogP contribution in [0.15, 0.2) is 91.0 Å². The first-order valence-electron chi connectivity index (χ1n) is 9.52. The molecule has 1 aliphatic heterocycles. The second kappa shape index (κ2) is 8.56. The number of amides is 2. The fraction of sp³-hybridized carbons (Fsp3) is 0.130. The van der Waals surface area contributed by atoms with E-state index in [1.54, 1.807) is 60.7 Å². The van der Waals surface area contributed by atoms with Gasteiger partial charge < -0.3 is 9.05 Å². The number of nitrogens with zero attached hydrogens (tertiary/aromatic N) is 1. The highest BCUT2D eigenvalue weighted by Crippen LogP contribution is 2.56. The van der Waals surface area contributed by atoms with E-state index < -0.39 is 25.1 Å². The second-order valence-electron chi connectivity index (χ2n) is 6.87. The summed E-state index contributed by atoms with van der Waals surface area (Å²) in [5.74, 6) is -0.349. The average molecular weight is 421 g/mol. The third-order valence-electron chi connectivity index (χ3n) is 4.74. The van der Waals surface area contributed by atoms with Crippen LogP contribution < -0.4 is 9.05 Å². The fourth-order valence-electron chi connectivity index (χ4n) is 3.25. The molecule has 0 aromatic heterocycles. The van der Waals surface area contributed by atoms with Gasteiger partial charge in [-0.3, -0.25) is 14.5 Å². The Labute approximate surface area is 174 Å². The lowest BCUT2D eigenvalue weighted by atomic mass is 10.2. The van der Waals surface area contributed by atoms with Gasteiger partial charge in [-0.25, -0.2) is 4.57 Å². The van der Waals surface area contributed by atoms with Crippen molar-refractivity contribution in [2.75, 3.05) is 0 Å². The third-order valence-corrected chi connectivity index (χ3v) is 6.83. The van der Waals surface area contributed by atoms with Crippen molar-refractivity contribution in [2.24, 2.45) is 0 Å². The molecule has 7 heteroatoms. The van der Waals surface area contributed by atoms with Crippen molar-refractivity contribution < 1.29 is 23.2 Å². The standard InChI is InChI=1S/C23H20NO5P/c25-22-16-21(23(26)24(22)17-18-10-4-1-5-11-18)30(27,28-19-12-6-2-7-13-19)29-20-14-8-3-9-15-20/h1-15,21H,16-17H2. The predicted octanol–water partition coefficient (Wildman–Crippen LogP) is 4.67. The van der Waals surface area contributed by atoms with Crippen LogP contribution in [0.2, 0.25) is 0 Å². The number of para-hydroxylation sites is 2. The van der Waals surface area contributed by atoms with Crippen LogP contribution in [0.25, 0.3) is 0 Å². The molecule has 3 aromatic rings. The first-order valence-corrected chi connectivity index (χ1v) is 11.1. The minimum absolute atomic E-state index is 0.117. The van der Waals surface area contributed by atoms with Crippen LogP contribution in [-0.4, -0.2) is 22.4 Å². The maximum Gasteiger partial charge on any atom is 0.443 e. The Morgan fingerprint density at radius 1 is 0.767 bits per heavy atom. The summed E-state index contributed by atoms with van der Waals surface area (Å²) < 4.78 is 25.3. The summed E-state index contributed by atoms with van der Waals surface area (Å²) in [5.41, 5.74) is -0.406. The highest BCUT2D eigenvalue weighted by molar-refractivity contribution is 7.56. The molecule has 3 aromatic carbocycles. The van der Waals surface area contributed by atoms with E-state index in [1.165, 1.54) is 0 Å². The molecule has 30 heavy (non-hydrogen) atoms. The van der Waals surface area contributed by atoms with Crippen molar-refractivity contribution in [1.29, 1.82) is 0 Å². The number of benzene rings is 3. The van der Waals surface area contributed by atoms with Crippen molar-refractivity contribution in [2.45, 2.75) is 18.6 Å². The normalized spacial score (nSPS) is 16.5. The Kier molecular flexibility index (Phi) is 5.68. The zero-order valence-corrected chi connectivity index (χ0v) is 17.0. The molecule has 6 nitrogen and oxygen atoms in total. The summed E-state index contributed by atoms with van der Waals surface area (Å²) in [6.07, 6.45) is -0.234. The number of rotatable bonds is 7. The number of carbonyl (C=O) groups is 2. The van der Waals surface area contributed by atoms with E-state index in [0.29, 0.717) is 11.5 Å². The lowest BCUT2D eigenvalue weighted by Gasteiger charge is -2.24. The average Bonchev–Trinajstić information content (AvgIpc) is 3.05. The first kappa shape index (κ1) is 19.9. The third kappa shape index (κ3) is 4.29. The summed E-state index contributed by atoms with van der Waals surface area (Å²) in [6.45, 7) is 0.117. The van der Waals surface area contributed by atoms with Gasteiger partial charge in [-0.2, -0.15) is 0 Å². The molecule has 0 spiro atoms. The van der Waals surface area contributed by atoms with Crippen molar-refractivity contribution in [1.82, 2.24) is 4.90 Å². The van der Waals surface area contributed by atoms with Gasteiger partial charge in [0.25, 0.3) is 0 Å². The van der Waals surface area contributed by atoms with E-state index in [2.05, 4.69) is 0 Å². The van der Waals surface area contributed by atoms with Crippen molar-refractivity contribution >= 4 is 19.4 Å². The SMILES string of the molecule is O=C1CC(P(=O)(Oc2ccccc2)Oc2ccccc2)C(=O)N1Cc1ccccc1. The van der Waals surface area contributed by atoms with Gasteiger partial charge >= 0.3 is 7.60 Å². The highest BCUT2D eigenvalue weighted by atomic mass is 31.2. The molecule has 152 valence electrons. The zero-order chi connectivity index (χ0) is 21.0. The van der Waals surface area contributed by atoms with Crippen molar-refractivity contribution in [3.05, 3.63) is 96.6 Å². The number of likely N-dealkylation sites (tertiary alicyclic amines) is 1. The van der Waals surface area contributed by atoms with Gasteiger partial charge in [0.15, 0.2) is 5.66 Å². The predicted molar refractivity (Wildman–Crippen MR) is 112 cm³/mol. The monoisotopic (exact) mass is 421 g/mol. The van der Waals surface area contributed by atoms with E-state index in [1.807, 2.05) is 30.3 Å². The van der Waals surface area contributed by atoms with E-state index >= 15 is 0 Å². The summed E-state index contributed by atoms with van der Waals surface area (Å²) in [4.78, 5) is 26.9. The van der Waals surface area contributed by atoms with Gasteiger partial charge in [0.2, 0.25) is 11.8 Å². The molecule has 0 N–H and O–H groups in total. The highest BCUT2D eigenvalue weighted by Gasteiger charge is 2.53. The minimum Gasteiger partial charge on any atom is -0.416 e. The maximum absolute atomic E-state index is 13.9. The maximum atomic E-state index is 13.9. The Morgan fingerprint density at radius 2 is 1.23 bits per heavy atom. The lowest BCUT2D eigenvalue weighted by Crippen LogP contribution is -2.32. The molecule has 1 fully saturated rings. The van der Waals surface area contributed by atoms with Crippen LogP contribution in [0.5, 0.6) is 11.5 Å². The second-order valence-corrected chi connectivity index (χ2v) is 8.94. The van der Waals surface area contributed by atoms with Crippen LogP contribution in [0.4, 0.5) is 0 Å². The Balaban J connectivity index is 1.63. The molecule has 1 unspecified atom stereocenters. The number of carbonyl (C=O) groups excluding carboxylic acids is 2. The van der Waals surface area contributed by atoms with Gasteiger partial charge in [-0.15, -0.1) is 0 Å². The summed E-state index contributed by atoms with van der Waals surface area (Å²) in [7, 11) is -4.06. The van der Waals surface area contributed by atoms with E-state index in [-0.39, 0.29) is 13.0 Å². The Hall–Kier alpha value is -3.37. The van der Waals surface area contributed by atoms with Crippen molar-refractivity contribution in [3.8, 4) is 11.5 Å². The molecule has 1 aliphatic rings. The molecule has 0 aliphatic carbocycles. The van der Waals surface area contributed by atoms with Crippen molar-refractivity contribution in [3.63, 3.8) is 0 Å². The summed E-state index contributed by atoms with van der Waals surface area (Å²) in [6, 6.07) is 26.2. The molecule has 4 rings (SSSR count). The number of imide groups is 1.